The van der Waals surface area contributed by atoms with Gasteiger partial charge in [0.2, 0.25) is 11.7 Å². The van der Waals surface area contributed by atoms with E-state index in [-0.39, 0.29) is 24.3 Å². The lowest BCUT2D eigenvalue weighted by Gasteiger charge is -2.36. The summed E-state index contributed by atoms with van der Waals surface area (Å²) in [6.45, 7) is 3.11. The van der Waals surface area contributed by atoms with Gasteiger partial charge in [0.25, 0.3) is 0 Å². The molecule has 4 rings (SSSR count). The SMILES string of the molecule is COc1ccccc1C1CNCCN1Cc1nc(-c2ccc(F)cc2)no1.Cl. The number of methoxy groups -OCH3 is 1. The minimum atomic E-state index is -0.289. The minimum Gasteiger partial charge on any atom is -0.496 e. The van der Waals surface area contributed by atoms with E-state index >= 15 is 0 Å². The van der Waals surface area contributed by atoms with Crippen molar-refractivity contribution in [2.75, 3.05) is 26.7 Å². The summed E-state index contributed by atoms with van der Waals surface area (Å²) in [5.41, 5.74) is 1.86. The Morgan fingerprint density at radius 3 is 2.79 bits per heavy atom. The van der Waals surface area contributed by atoms with Gasteiger partial charge in [-0.3, -0.25) is 4.90 Å². The fourth-order valence-corrected chi connectivity index (χ4v) is 3.39. The second kappa shape index (κ2) is 9.14. The Morgan fingerprint density at radius 1 is 1.21 bits per heavy atom. The van der Waals surface area contributed by atoms with E-state index < -0.39 is 0 Å². The van der Waals surface area contributed by atoms with E-state index in [1.165, 1.54) is 12.1 Å². The summed E-state index contributed by atoms with van der Waals surface area (Å²) >= 11 is 0. The van der Waals surface area contributed by atoms with Gasteiger partial charge in [0.1, 0.15) is 11.6 Å². The van der Waals surface area contributed by atoms with Gasteiger partial charge in [-0.1, -0.05) is 23.4 Å². The first-order chi connectivity index (χ1) is 13.2. The van der Waals surface area contributed by atoms with Gasteiger partial charge in [-0.25, -0.2) is 4.39 Å². The summed E-state index contributed by atoms with van der Waals surface area (Å²) in [4.78, 5) is 6.78. The van der Waals surface area contributed by atoms with E-state index in [1.54, 1.807) is 19.2 Å². The van der Waals surface area contributed by atoms with Crippen LogP contribution in [0, 0.1) is 5.82 Å². The maximum absolute atomic E-state index is 13.1. The van der Waals surface area contributed by atoms with E-state index in [0.29, 0.717) is 18.3 Å². The van der Waals surface area contributed by atoms with E-state index in [2.05, 4.69) is 26.4 Å². The highest BCUT2D eigenvalue weighted by atomic mass is 35.5. The molecule has 1 aliphatic heterocycles. The van der Waals surface area contributed by atoms with Crippen LogP contribution >= 0.6 is 12.4 Å². The molecule has 1 fully saturated rings. The summed E-state index contributed by atoms with van der Waals surface area (Å²) in [5, 5.41) is 7.47. The first-order valence-corrected chi connectivity index (χ1v) is 8.91. The number of nitrogens with one attached hydrogen (secondary N) is 1. The number of aromatic nitrogens is 2. The number of ether oxygens (including phenoxy) is 1. The Kier molecular flexibility index (Phi) is 6.61. The molecule has 2 aromatic carbocycles. The fourth-order valence-electron chi connectivity index (χ4n) is 3.39. The third kappa shape index (κ3) is 4.32. The number of hydrogen-bond acceptors (Lipinski definition) is 6. The molecule has 1 atom stereocenters. The summed E-state index contributed by atoms with van der Waals surface area (Å²) in [6.07, 6.45) is 0. The van der Waals surface area contributed by atoms with Crippen molar-refractivity contribution in [3.8, 4) is 17.1 Å². The lowest BCUT2D eigenvalue weighted by Crippen LogP contribution is -2.45. The molecule has 0 saturated carbocycles. The zero-order valence-corrected chi connectivity index (χ0v) is 16.3. The third-order valence-electron chi connectivity index (χ3n) is 4.76. The molecule has 1 aliphatic rings. The molecule has 1 saturated heterocycles. The smallest absolute Gasteiger partial charge is 0.241 e. The second-order valence-corrected chi connectivity index (χ2v) is 6.45. The Morgan fingerprint density at radius 2 is 2.00 bits per heavy atom. The summed E-state index contributed by atoms with van der Waals surface area (Å²) in [6, 6.07) is 14.3. The molecule has 0 aliphatic carbocycles. The predicted octanol–water partition coefficient (Wildman–Crippen LogP) is 3.45. The van der Waals surface area contributed by atoms with Gasteiger partial charge in [0.15, 0.2) is 0 Å². The number of halogens is 2. The molecule has 0 radical (unpaired) electrons. The van der Waals surface area contributed by atoms with Gasteiger partial charge in [-0.2, -0.15) is 4.98 Å². The van der Waals surface area contributed by atoms with Crippen molar-refractivity contribution in [1.29, 1.82) is 0 Å². The Hall–Kier alpha value is -2.48. The van der Waals surface area contributed by atoms with E-state index in [0.717, 1.165) is 36.5 Å². The Labute approximate surface area is 169 Å². The number of benzene rings is 2. The van der Waals surface area contributed by atoms with Crippen molar-refractivity contribution < 1.29 is 13.7 Å². The first-order valence-electron chi connectivity index (χ1n) is 8.91. The van der Waals surface area contributed by atoms with E-state index in [1.807, 2.05) is 18.2 Å². The molecule has 0 amide bonds. The number of piperazine rings is 1. The molecular weight excluding hydrogens is 383 g/mol. The van der Waals surface area contributed by atoms with Crippen LogP contribution in [-0.2, 0) is 6.54 Å². The number of para-hydroxylation sites is 1. The molecule has 1 N–H and O–H groups in total. The first kappa shape index (κ1) is 20.3. The van der Waals surface area contributed by atoms with Crippen molar-refractivity contribution in [1.82, 2.24) is 20.4 Å². The number of rotatable bonds is 5. The van der Waals surface area contributed by atoms with Gasteiger partial charge >= 0.3 is 0 Å². The maximum atomic E-state index is 13.1. The molecule has 8 heteroatoms. The molecule has 28 heavy (non-hydrogen) atoms. The molecule has 1 aromatic heterocycles. The van der Waals surface area contributed by atoms with E-state index in [9.17, 15) is 4.39 Å². The monoisotopic (exact) mass is 404 g/mol. The van der Waals surface area contributed by atoms with Crippen molar-refractivity contribution >= 4 is 12.4 Å². The average molecular weight is 405 g/mol. The van der Waals surface area contributed by atoms with Gasteiger partial charge in [0.05, 0.1) is 19.7 Å². The Balaban J connectivity index is 0.00000225. The summed E-state index contributed by atoms with van der Waals surface area (Å²) < 4.78 is 24.1. The molecular formula is C20H22ClFN4O2. The summed E-state index contributed by atoms with van der Waals surface area (Å²) in [5.74, 6) is 1.58. The molecule has 6 nitrogen and oxygen atoms in total. The molecule has 0 bridgehead atoms. The van der Waals surface area contributed by atoms with Crippen LogP contribution in [0.5, 0.6) is 5.75 Å². The van der Waals surface area contributed by atoms with Gasteiger partial charge < -0.3 is 14.6 Å². The maximum Gasteiger partial charge on any atom is 0.241 e. The van der Waals surface area contributed by atoms with Crippen LogP contribution in [-0.4, -0.2) is 41.8 Å². The quantitative estimate of drug-likeness (QED) is 0.702. The van der Waals surface area contributed by atoms with Crippen LogP contribution in [0.1, 0.15) is 17.5 Å². The normalized spacial score (nSPS) is 17.1. The van der Waals surface area contributed by atoms with Gasteiger partial charge in [-0.05, 0) is 30.3 Å². The van der Waals surface area contributed by atoms with Crippen LogP contribution in [0.3, 0.4) is 0 Å². The second-order valence-electron chi connectivity index (χ2n) is 6.45. The van der Waals surface area contributed by atoms with Crippen molar-refractivity contribution in [3.05, 3.63) is 65.8 Å². The minimum absolute atomic E-state index is 0. The zero-order valence-electron chi connectivity index (χ0n) is 15.5. The van der Waals surface area contributed by atoms with Crippen LogP contribution < -0.4 is 10.1 Å². The fraction of sp³-hybridized carbons (Fsp3) is 0.300. The molecule has 2 heterocycles. The van der Waals surface area contributed by atoms with Crippen LogP contribution in [0.25, 0.3) is 11.4 Å². The van der Waals surface area contributed by atoms with Gasteiger partial charge in [0, 0.05) is 30.8 Å². The van der Waals surface area contributed by atoms with Crippen LogP contribution in [0.2, 0.25) is 0 Å². The standard InChI is InChI=1S/C20H21FN4O2.ClH/c1-26-18-5-3-2-4-16(18)17-12-22-10-11-25(17)13-19-23-20(24-27-19)14-6-8-15(21)9-7-14;/h2-9,17,22H,10-13H2,1H3;1H. The average Bonchev–Trinajstić information content (AvgIpc) is 3.17. The molecule has 148 valence electrons. The lowest BCUT2D eigenvalue weighted by atomic mass is 10.0. The topological polar surface area (TPSA) is 63.4 Å². The van der Waals surface area contributed by atoms with Crippen LogP contribution in [0.15, 0.2) is 53.1 Å². The third-order valence-corrected chi connectivity index (χ3v) is 4.76. The van der Waals surface area contributed by atoms with Gasteiger partial charge in [-0.15, -0.1) is 12.4 Å². The highest BCUT2D eigenvalue weighted by molar-refractivity contribution is 5.85. The molecule has 1 unspecified atom stereocenters. The molecule has 0 spiro atoms. The van der Waals surface area contributed by atoms with Crippen molar-refractivity contribution in [2.45, 2.75) is 12.6 Å². The van der Waals surface area contributed by atoms with Crippen molar-refractivity contribution in [3.63, 3.8) is 0 Å². The predicted molar refractivity (Wildman–Crippen MR) is 106 cm³/mol. The largest absolute Gasteiger partial charge is 0.496 e. The van der Waals surface area contributed by atoms with Crippen molar-refractivity contribution in [2.24, 2.45) is 0 Å². The zero-order chi connectivity index (χ0) is 18.6. The van der Waals surface area contributed by atoms with E-state index in [4.69, 9.17) is 9.26 Å². The number of hydrogen-bond donors (Lipinski definition) is 1. The Bertz CT molecular complexity index is 903. The highest BCUT2D eigenvalue weighted by Gasteiger charge is 2.27. The lowest BCUT2D eigenvalue weighted by molar-refractivity contribution is 0.133. The number of nitrogens with zero attached hydrogens (tertiary/aromatic N) is 3. The summed E-state index contributed by atoms with van der Waals surface area (Å²) in [7, 11) is 1.69. The highest BCUT2D eigenvalue weighted by Crippen LogP contribution is 2.31. The molecule has 3 aromatic rings. The van der Waals surface area contributed by atoms with Crippen LogP contribution in [0.4, 0.5) is 4.39 Å².